The summed E-state index contributed by atoms with van der Waals surface area (Å²) in [6, 6.07) is 2.10. The molecule has 27 heavy (non-hydrogen) atoms. The van der Waals surface area contributed by atoms with E-state index in [1.807, 2.05) is 0 Å². The minimum Gasteiger partial charge on any atom is -0.356 e. The SMILES string of the molecule is Cc1cc(N2CCCC2)nc(N2CCN(c3ncnc4[nH]ncc34)CC2)n1. The summed E-state index contributed by atoms with van der Waals surface area (Å²) in [5.41, 5.74) is 1.81. The average molecular weight is 365 g/mol. The Bertz CT molecular complexity index is 939. The molecule has 0 atom stereocenters. The van der Waals surface area contributed by atoms with E-state index in [0.29, 0.717) is 0 Å². The van der Waals surface area contributed by atoms with Gasteiger partial charge in [-0.2, -0.15) is 10.1 Å². The lowest BCUT2D eigenvalue weighted by Crippen LogP contribution is -2.47. The molecule has 2 aliphatic heterocycles. The van der Waals surface area contributed by atoms with Gasteiger partial charge in [0.05, 0.1) is 11.6 Å². The first-order valence-electron chi connectivity index (χ1n) is 9.52. The number of fused-ring (bicyclic) bond motifs is 1. The van der Waals surface area contributed by atoms with E-state index in [-0.39, 0.29) is 0 Å². The lowest BCUT2D eigenvalue weighted by molar-refractivity contribution is 0.634. The minimum absolute atomic E-state index is 0.778. The van der Waals surface area contributed by atoms with Crippen LogP contribution in [0.25, 0.3) is 11.0 Å². The molecule has 0 radical (unpaired) electrons. The van der Waals surface area contributed by atoms with E-state index < -0.39 is 0 Å². The number of aryl methyl sites for hydroxylation is 1. The minimum atomic E-state index is 0.778. The molecule has 5 rings (SSSR count). The van der Waals surface area contributed by atoms with Crippen molar-refractivity contribution in [2.75, 3.05) is 54.0 Å². The van der Waals surface area contributed by atoms with E-state index in [2.05, 4.69) is 47.9 Å². The molecule has 0 unspecified atom stereocenters. The maximum Gasteiger partial charge on any atom is 0.227 e. The average Bonchev–Trinajstić information content (AvgIpc) is 3.39. The highest BCUT2D eigenvalue weighted by Crippen LogP contribution is 2.25. The molecule has 0 aliphatic carbocycles. The molecular formula is C18H23N9. The Hall–Kier alpha value is -2.97. The van der Waals surface area contributed by atoms with Crippen LogP contribution >= 0.6 is 0 Å². The van der Waals surface area contributed by atoms with Crippen molar-refractivity contribution in [3.8, 4) is 0 Å². The van der Waals surface area contributed by atoms with Gasteiger partial charge in [-0.1, -0.05) is 0 Å². The van der Waals surface area contributed by atoms with Crippen LogP contribution in [0.2, 0.25) is 0 Å². The fourth-order valence-electron chi connectivity index (χ4n) is 3.91. The van der Waals surface area contributed by atoms with Gasteiger partial charge in [-0.3, -0.25) is 5.10 Å². The highest BCUT2D eigenvalue weighted by molar-refractivity contribution is 5.86. The fraction of sp³-hybridized carbons (Fsp3) is 0.500. The molecular weight excluding hydrogens is 342 g/mol. The van der Waals surface area contributed by atoms with E-state index >= 15 is 0 Å². The Labute approximate surface area is 157 Å². The van der Waals surface area contributed by atoms with Gasteiger partial charge in [-0.15, -0.1) is 0 Å². The van der Waals surface area contributed by atoms with Crippen LogP contribution in [-0.4, -0.2) is 69.4 Å². The Kier molecular flexibility index (Phi) is 3.99. The van der Waals surface area contributed by atoms with Crippen LogP contribution in [0.15, 0.2) is 18.6 Å². The van der Waals surface area contributed by atoms with Crippen LogP contribution in [0, 0.1) is 6.92 Å². The predicted octanol–water partition coefficient (Wildman–Crippen LogP) is 1.38. The number of nitrogens with one attached hydrogen (secondary N) is 1. The van der Waals surface area contributed by atoms with Crippen LogP contribution in [0.1, 0.15) is 18.5 Å². The molecule has 9 heteroatoms. The molecule has 0 amide bonds. The van der Waals surface area contributed by atoms with E-state index in [9.17, 15) is 0 Å². The van der Waals surface area contributed by atoms with Gasteiger partial charge in [0.2, 0.25) is 5.95 Å². The summed E-state index contributed by atoms with van der Waals surface area (Å²) in [6.07, 6.45) is 5.88. The zero-order valence-corrected chi connectivity index (χ0v) is 15.5. The number of piperazine rings is 1. The van der Waals surface area contributed by atoms with Gasteiger partial charge < -0.3 is 14.7 Å². The normalized spacial score (nSPS) is 17.9. The van der Waals surface area contributed by atoms with Gasteiger partial charge in [0, 0.05) is 51.0 Å². The molecule has 0 spiro atoms. The van der Waals surface area contributed by atoms with Crippen molar-refractivity contribution in [2.45, 2.75) is 19.8 Å². The molecule has 0 aromatic carbocycles. The highest BCUT2D eigenvalue weighted by atomic mass is 15.4. The molecule has 3 aromatic rings. The van der Waals surface area contributed by atoms with Crippen molar-refractivity contribution in [2.24, 2.45) is 0 Å². The quantitative estimate of drug-likeness (QED) is 0.744. The molecule has 9 nitrogen and oxygen atoms in total. The number of hydrogen-bond donors (Lipinski definition) is 1. The Morgan fingerprint density at radius 3 is 2.48 bits per heavy atom. The molecule has 3 aromatic heterocycles. The molecule has 0 bridgehead atoms. The third kappa shape index (κ3) is 3.02. The van der Waals surface area contributed by atoms with Crippen molar-refractivity contribution >= 4 is 28.6 Å². The molecule has 140 valence electrons. The van der Waals surface area contributed by atoms with Crippen molar-refractivity contribution < 1.29 is 0 Å². The predicted molar refractivity (Wildman–Crippen MR) is 104 cm³/mol. The van der Waals surface area contributed by atoms with Gasteiger partial charge in [0.15, 0.2) is 5.65 Å². The van der Waals surface area contributed by atoms with Crippen LogP contribution < -0.4 is 14.7 Å². The first kappa shape index (κ1) is 16.2. The van der Waals surface area contributed by atoms with Crippen molar-refractivity contribution in [1.29, 1.82) is 0 Å². The first-order chi connectivity index (χ1) is 13.3. The molecule has 2 fully saturated rings. The first-order valence-corrected chi connectivity index (χ1v) is 9.52. The summed E-state index contributed by atoms with van der Waals surface area (Å²) in [5, 5.41) is 7.96. The summed E-state index contributed by atoms with van der Waals surface area (Å²) in [4.78, 5) is 25.2. The Morgan fingerprint density at radius 2 is 1.67 bits per heavy atom. The molecule has 5 heterocycles. The number of hydrogen-bond acceptors (Lipinski definition) is 8. The summed E-state index contributed by atoms with van der Waals surface area (Å²) >= 11 is 0. The van der Waals surface area contributed by atoms with Gasteiger partial charge >= 0.3 is 0 Å². The smallest absolute Gasteiger partial charge is 0.227 e. The third-order valence-electron chi connectivity index (χ3n) is 5.35. The monoisotopic (exact) mass is 365 g/mol. The number of aromatic amines is 1. The Balaban J connectivity index is 1.34. The van der Waals surface area contributed by atoms with Crippen LogP contribution in [0.3, 0.4) is 0 Å². The number of rotatable bonds is 3. The maximum absolute atomic E-state index is 4.86. The van der Waals surface area contributed by atoms with Crippen molar-refractivity contribution in [3.63, 3.8) is 0 Å². The molecule has 2 saturated heterocycles. The number of aromatic nitrogens is 6. The lowest BCUT2D eigenvalue weighted by Gasteiger charge is -2.35. The van der Waals surface area contributed by atoms with Gasteiger partial charge in [-0.05, 0) is 19.8 Å². The van der Waals surface area contributed by atoms with E-state index in [4.69, 9.17) is 9.97 Å². The van der Waals surface area contributed by atoms with E-state index in [0.717, 1.165) is 73.6 Å². The van der Waals surface area contributed by atoms with Gasteiger partial charge in [0.1, 0.15) is 18.0 Å². The summed E-state index contributed by atoms with van der Waals surface area (Å²) in [7, 11) is 0. The second-order valence-electron chi connectivity index (χ2n) is 7.17. The Morgan fingerprint density at radius 1 is 0.889 bits per heavy atom. The molecule has 2 aliphatic rings. The third-order valence-corrected chi connectivity index (χ3v) is 5.35. The second kappa shape index (κ2) is 6.64. The van der Waals surface area contributed by atoms with Crippen molar-refractivity contribution in [1.82, 2.24) is 30.1 Å². The summed E-state index contributed by atoms with van der Waals surface area (Å²) in [6.45, 7) is 7.72. The second-order valence-corrected chi connectivity index (χ2v) is 7.17. The molecule has 0 saturated carbocycles. The van der Waals surface area contributed by atoms with Gasteiger partial charge in [-0.25, -0.2) is 15.0 Å². The zero-order chi connectivity index (χ0) is 18.2. The van der Waals surface area contributed by atoms with E-state index in [1.54, 1.807) is 12.5 Å². The maximum atomic E-state index is 4.86. The van der Waals surface area contributed by atoms with Crippen LogP contribution in [0.4, 0.5) is 17.6 Å². The number of anilines is 3. The standard InChI is InChI=1S/C18H23N9/c1-13-10-15(25-4-2-3-5-25)23-18(22-13)27-8-6-26(7-9-27)17-14-11-21-24-16(14)19-12-20-17/h10-12H,2-9H2,1H3,(H,19,20,21,24). The topological polar surface area (TPSA) is 90.0 Å². The van der Waals surface area contributed by atoms with Crippen LogP contribution in [0.5, 0.6) is 0 Å². The van der Waals surface area contributed by atoms with E-state index in [1.165, 1.54) is 12.8 Å². The zero-order valence-electron chi connectivity index (χ0n) is 15.5. The lowest BCUT2D eigenvalue weighted by atomic mass is 10.3. The highest BCUT2D eigenvalue weighted by Gasteiger charge is 2.23. The molecule has 1 N–H and O–H groups in total. The van der Waals surface area contributed by atoms with Crippen LogP contribution in [-0.2, 0) is 0 Å². The number of H-pyrrole nitrogens is 1. The summed E-state index contributed by atoms with van der Waals surface area (Å²) in [5.74, 6) is 2.84. The largest absolute Gasteiger partial charge is 0.356 e. The fourth-order valence-corrected chi connectivity index (χ4v) is 3.91. The van der Waals surface area contributed by atoms with Gasteiger partial charge in [0.25, 0.3) is 0 Å². The number of nitrogens with zero attached hydrogens (tertiary/aromatic N) is 8. The van der Waals surface area contributed by atoms with Crippen molar-refractivity contribution in [3.05, 3.63) is 24.3 Å². The summed E-state index contributed by atoms with van der Waals surface area (Å²) < 4.78 is 0.